The van der Waals surface area contributed by atoms with Crippen LogP contribution in [0.2, 0.25) is 0 Å². The lowest BCUT2D eigenvalue weighted by Crippen LogP contribution is -2.24. The van der Waals surface area contributed by atoms with Gasteiger partial charge in [0.2, 0.25) is 0 Å². The third kappa shape index (κ3) is 4.83. The fourth-order valence-corrected chi connectivity index (χ4v) is 3.39. The first kappa shape index (κ1) is 20.6. The van der Waals surface area contributed by atoms with Gasteiger partial charge in [-0.25, -0.2) is 13.4 Å². The summed E-state index contributed by atoms with van der Waals surface area (Å²) in [5.74, 6) is -0.527. The summed E-state index contributed by atoms with van der Waals surface area (Å²) in [6, 6.07) is 11.2. The van der Waals surface area contributed by atoms with Crippen LogP contribution in [0.3, 0.4) is 0 Å². The summed E-state index contributed by atoms with van der Waals surface area (Å²) in [7, 11) is -5.44. The van der Waals surface area contributed by atoms with Crippen molar-refractivity contribution in [3.8, 4) is 0 Å². The molecule has 6 nitrogen and oxygen atoms in total. The SMILES string of the molecule is O=C(NCc1cccc(Cn2ccnc2)c1)c1ccc(S(=O)(=O)C(F)(F)F)cc1. The fourth-order valence-electron chi connectivity index (χ4n) is 2.63. The number of hydrogen-bond donors (Lipinski definition) is 1. The van der Waals surface area contributed by atoms with E-state index in [1.54, 1.807) is 12.5 Å². The molecule has 2 aromatic carbocycles. The summed E-state index contributed by atoms with van der Waals surface area (Å²) >= 11 is 0. The Kier molecular flexibility index (Phi) is 5.73. The Morgan fingerprint density at radius 2 is 1.76 bits per heavy atom. The zero-order valence-electron chi connectivity index (χ0n) is 14.9. The number of carbonyl (C=O) groups is 1. The molecule has 3 rings (SSSR count). The Balaban J connectivity index is 1.64. The number of alkyl halides is 3. The van der Waals surface area contributed by atoms with Gasteiger partial charge in [-0.05, 0) is 35.4 Å². The van der Waals surface area contributed by atoms with Crippen LogP contribution in [0.25, 0.3) is 0 Å². The van der Waals surface area contributed by atoms with E-state index in [0.717, 1.165) is 35.4 Å². The minimum Gasteiger partial charge on any atom is -0.348 e. The molecule has 0 aliphatic carbocycles. The molecule has 0 fully saturated rings. The maximum atomic E-state index is 12.6. The third-order valence-electron chi connectivity index (χ3n) is 4.10. The van der Waals surface area contributed by atoms with Gasteiger partial charge in [0.05, 0.1) is 11.2 Å². The average molecular weight is 423 g/mol. The second kappa shape index (κ2) is 8.08. The second-order valence-electron chi connectivity index (χ2n) is 6.21. The molecule has 0 saturated heterocycles. The zero-order valence-corrected chi connectivity index (χ0v) is 15.7. The topological polar surface area (TPSA) is 81.1 Å². The van der Waals surface area contributed by atoms with Crippen LogP contribution in [0.15, 0.2) is 72.1 Å². The molecule has 10 heteroatoms. The maximum Gasteiger partial charge on any atom is 0.501 e. The minimum absolute atomic E-state index is 0.0562. The standard InChI is InChI=1S/C19H16F3N3O3S/c20-19(21,22)29(27,28)17-6-4-16(5-7-17)18(26)24-11-14-2-1-3-15(10-14)12-25-9-8-23-13-25/h1-10,13H,11-12H2,(H,24,26). The first-order valence-corrected chi connectivity index (χ1v) is 9.88. The molecule has 29 heavy (non-hydrogen) atoms. The van der Waals surface area contributed by atoms with Crippen molar-refractivity contribution >= 4 is 15.7 Å². The van der Waals surface area contributed by atoms with Gasteiger partial charge in [0.25, 0.3) is 15.7 Å². The predicted molar refractivity (Wildman–Crippen MR) is 98.6 cm³/mol. The van der Waals surface area contributed by atoms with Crippen LogP contribution in [0, 0.1) is 0 Å². The lowest BCUT2D eigenvalue weighted by atomic mass is 10.1. The predicted octanol–water partition coefficient (Wildman–Crippen LogP) is 3.15. The van der Waals surface area contributed by atoms with E-state index in [0.29, 0.717) is 6.54 Å². The van der Waals surface area contributed by atoms with Gasteiger partial charge in [-0.3, -0.25) is 4.79 Å². The van der Waals surface area contributed by atoms with E-state index in [-0.39, 0.29) is 12.1 Å². The summed E-state index contributed by atoms with van der Waals surface area (Å²) in [4.78, 5) is 15.3. The molecule has 0 saturated carbocycles. The summed E-state index contributed by atoms with van der Waals surface area (Å²) in [5, 5.41) is 2.66. The Morgan fingerprint density at radius 3 is 2.38 bits per heavy atom. The summed E-state index contributed by atoms with van der Waals surface area (Å²) in [6.07, 6.45) is 5.20. The maximum absolute atomic E-state index is 12.6. The highest BCUT2D eigenvalue weighted by molar-refractivity contribution is 7.92. The number of benzene rings is 2. The number of amides is 1. The minimum atomic E-state index is -5.44. The molecule has 1 N–H and O–H groups in total. The molecule has 0 aliphatic rings. The molecule has 1 heterocycles. The van der Waals surface area contributed by atoms with E-state index in [1.165, 1.54) is 0 Å². The molecule has 0 aliphatic heterocycles. The Hall–Kier alpha value is -3.14. The summed E-state index contributed by atoms with van der Waals surface area (Å²) in [5.41, 5.74) is -3.48. The highest BCUT2D eigenvalue weighted by atomic mass is 32.2. The zero-order chi connectivity index (χ0) is 21.1. The van der Waals surface area contributed by atoms with Gasteiger partial charge in [-0.2, -0.15) is 13.2 Å². The van der Waals surface area contributed by atoms with Gasteiger partial charge >= 0.3 is 5.51 Å². The van der Waals surface area contributed by atoms with Crippen LogP contribution < -0.4 is 5.32 Å². The van der Waals surface area contributed by atoms with Crippen molar-refractivity contribution in [2.24, 2.45) is 0 Å². The normalized spacial score (nSPS) is 12.0. The molecular formula is C19H16F3N3O3S. The van der Waals surface area contributed by atoms with Crippen molar-refractivity contribution in [2.45, 2.75) is 23.5 Å². The first-order valence-electron chi connectivity index (χ1n) is 8.40. The van der Waals surface area contributed by atoms with Crippen molar-refractivity contribution in [1.82, 2.24) is 14.9 Å². The highest BCUT2D eigenvalue weighted by Gasteiger charge is 2.46. The lowest BCUT2D eigenvalue weighted by molar-refractivity contribution is -0.0436. The molecule has 1 aromatic heterocycles. The number of halogens is 3. The van der Waals surface area contributed by atoms with E-state index in [9.17, 15) is 26.4 Å². The molecule has 0 spiro atoms. The van der Waals surface area contributed by atoms with Crippen LogP contribution in [-0.2, 0) is 22.9 Å². The van der Waals surface area contributed by atoms with E-state index < -0.39 is 26.1 Å². The van der Waals surface area contributed by atoms with Crippen LogP contribution >= 0.6 is 0 Å². The van der Waals surface area contributed by atoms with Gasteiger partial charge in [-0.15, -0.1) is 0 Å². The van der Waals surface area contributed by atoms with Crippen LogP contribution in [0.1, 0.15) is 21.5 Å². The number of hydrogen-bond acceptors (Lipinski definition) is 4. The second-order valence-corrected chi connectivity index (χ2v) is 8.15. The van der Waals surface area contributed by atoms with Gasteiger partial charge in [0.1, 0.15) is 0 Å². The lowest BCUT2D eigenvalue weighted by Gasteiger charge is -2.10. The number of imidazole rings is 1. The van der Waals surface area contributed by atoms with Crippen molar-refractivity contribution in [3.63, 3.8) is 0 Å². The number of aromatic nitrogens is 2. The van der Waals surface area contributed by atoms with E-state index in [1.807, 2.05) is 35.0 Å². The number of carbonyl (C=O) groups excluding carboxylic acids is 1. The van der Waals surface area contributed by atoms with Crippen molar-refractivity contribution < 1.29 is 26.4 Å². The van der Waals surface area contributed by atoms with Crippen LogP contribution in [-0.4, -0.2) is 29.4 Å². The molecule has 3 aromatic rings. The van der Waals surface area contributed by atoms with E-state index >= 15 is 0 Å². The Bertz CT molecular complexity index is 1090. The molecule has 152 valence electrons. The largest absolute Gasteiger partial charge is 0.501 e. The van der Waals surface area contributed by atoms with Gasteiger partial charge < -0.3 is 9.88 Å². The molecular weight excluding hydrogens is 407 g/mol. The monoisotopic (exact) mass is 423 g/mol. The number of sulfone groups is 1. The third-order valence-corrected chi connectivity index (χ3v) is 5.60. The molecule has 0 atom stereocenters. The van der Waals surface area contributed by atoms with Gasteiger partial charge in [0.15, 0.2) is 0 Å². The first-order chi connectivity index (χ1) is 13.7. The number of nitrogens with zero attached hydrogens (tertiary/aromatic N) is 2. The molecule has 0 radical (unpaired) electrons. The van der Waals surface area contributed by atoms with Crippen molar-refractivity contribution in [2.75, 3.05) is 0 Å². The fraction of sp³-hybridized carbons (Fsp3) is 0.158. The summed E-state index contributed by atoms with van der Waals surface area (Å²) in [6.45, 7) is 0.829. The molecule has 1 amide bonds. The van der Waals surface area contributed by atoms with Crippen molar-refractivity contribution in [1.29, 1.82) is 0 Å². The highest BCUT2D eigenvalue weighted by Crippen LogP contribution is 2.30. The van der Waals surface area contributed by atoms with Gasteiger partial charge in [-0.1, -0.05) is 24.3 Å². The van der Waals surface area contributed by atoms with E-state index in [2.05, 4.69) is 10.3 Å². The van der Waals surface area contributed by atoms with E-state index in [4.69, 9.17) is 0 Å². The Labute approximate surface area is 164 Å². The van der Waals surface area contributed by atoms with Crippen molar-refractivity contribution in [3.05, 3.63) is 83.9 Å². The number of nitrogens with one attached hydrogen (secondary N) is 1. The van der Waals surface area contributed by atoms with Crippen LogP contribution in [0.4, 0.5) is 13.2 Å². The number of rotatable bonds is 6. The van der Waals surface area contributed by atoms with Crippen LogP contribution in [0.5, 0.6) is 0 Å². The molecule has 0 unspecified atom stereocenters. The molecule has 0 bridgehead atoms. The average Bonchev–Trinajstić information content (AvgIpc) is 3.18. The van der Waals surface area contributed by atoms with Gasteiger partial charge in [0, 0.05) is 31.0 Å². The Morgan fingerprint density at radius 1 is 1.07 bits per heavy atom. The quantitative estimate of drug-likeness (QED) is 0.661. The smallest absolute Gasteiger partial charge is 0.348 e. The summed E-state index contributed by atoms with van der Waals surface area (Å²) < 4.78 is 62.3.